The van der Waals surface area contributed by atoms with Crippen molar-refractivity contribution >= 4 is 5.97 Å². The van der Waals surface area contributed by atoms with Crippen molar-refractivity contribution in [1.29, 1.82) is 0 Å². The fourth-order valence-corrected chi connectivity index (χ4v) is 2.15. The molecular formula is C13H27NO3. The monoisotopic (exact) mass is 245 g/mol. The van der Waals surface area contributed by atoms with Gasteiger partial charge in [0.05, 0.1) is 12.0 Å². The van der Waals surface area contributed by atoms with Crippen molar-refractivity contribution in [2.45, 2.75) is 52.6 Å². The normalized spacial score (nSPS) is 18.4. The van der Waals surface area contributed by atoms with Gasteiger partial charge in [0.2, 0.25) is 0 Å². The van der Waals surface area contributed by atoms with Crippen LogP contribution in [-0.4, -0.2) is 28.8 Å². The van der Waals surface area contributed by atoms with E-state index in [1.54, 1.807) is 13.8 Å². The summed E-state index contributed by atoms with van der Waals surface area (Å²) in [4.78, 5) is 10.8. The minimum Gasteiger partial charge on any atom is -0.481 e. The summed E-state index contributed by atoms with van der Waals surface area (Å²) in [6.07, 6.45) is 3.00. The van der Waals surface area contributed by atoms with Crippen molar-refractivity contribution in [2.75, 3.05) is 6.54 Å². The number of aliphatic hydroxyl groups excluding tert-OH is 1. The molecule has 4 atom stereocenters. The van der Waals surface area contributed by atoms with Crippen LogP contribution < -0.4 is 5.73 Å². The minimum atomic E-state index is -0.787. The third kappa shape index (κ3) is 7.34. The number of hydrogen-bond donors (Lipinski definition) is 3. The van der Waals surface area contributed by atoms with Gasteiger partial charge < -0.3 is 15.9 Å². The van der Waals surface area contributed by atoms with Crippen LogP contribution in [0.2, 0.25) is 0 Å². The Morgan fingerprint density at radius 1 is 1.24 bits per heavy atom. The number of rotatable bonds is 9. The smallest absolute Gasteiger partial charge is 0.306 e. The third-order valence-electron chi connectivity index (χ3n) is 3.37. The predicted octanol–water partition coefficient (Wildman–Crippen LogP) is 1.86. The van der Waals surface area contributed by atoms with Crippen LogP contribution in [0.4, 0.5) is 0 Å². The molecule has 0 fully saturated rings. The molecule has 4 unspecified atom stereocenters. The van der Waals surface area contributed by atoms with E-state index in [0.717, 1.165) is 19.3 Å². The molecule has 0 bridgehead atoms. The first-order chi connectivity index (χ1) is 7.88. The highest BCUT2D eigenvalue weighted by molar-refractivity contribution is 5.69. The zero-order valence-electron chi connectivity index (χ0n) is 11.2. The largest absolute Gasteiger partial charge is 0.481 e. The van der Waals surface area contributed by atoms with Crippen molar-refractivity contribution in [3.8, 4) is 0 Å². The van der Waals surface area contributed by atoms with E-state index < -0.39 is 18.0 Å². The number of carboxylic acid groups (broad SMARTS) is 1. The Morgan fingerprint density at radius 3 is 2.24 bits per heavy atom. The first-order valence-corrected chi connectivity index (χ1v) is 6.49. The van der Waals surface area contributed by atoms with Gasteiger partial charge in [-0.15, -0.1) is 0 Å². The standard InChI is InChI=1S/C13H27NO3/c1-9(5-4-6-14)7-12(11(3)15)8-10(2)13(16)17/h9-12,15H,4-8,14H2,1-3H3,(H,16,17). The van der Waals surface area contributed by atoms with Crippen LogP contribution in [0.25, 0.3) is 0 Å². The molecule has 0 aliphatic rings. The maximum Gasteiger partial charge on any atom is 0.306 e. The van der Waals surface area contributed by atoms with Gasteiger partial charge in [0.1, 0.15) is 0 Å². The molecule has 4 nitrogen and oxygen atoms in total. The van der Waals surface area contributed by atoms with E-state index in [4.69, 9.17) is 10.8 Å². The molecule has 0 saturated carbocycles. The highest BCUT2D eigenvalue weighted by Crippen LogP contribution is 2.25. The van der Waals surface area contributed by atoms with Crippen LogP contribution in [0.15, 0.2) is 0 Å². The van der Waals surface area contributed by atoms with E-state index in [1.165, 1.54) is 0 Å². The number of aliphatic carboxylic acids is 1. The Bertz CT molecular complexity index is 219. The van der Waals surface area contributed by atoms with E-state index in [2.05, 4.69) is 6.92 Å². The summed E-state index contributed by atoms with van der Waals surface area (Å²) in [5.41, 5.74) is 5.46. The second-order valence-corrected chi connectivity index (χ2v) is 5.25. The quantitative estimate of drug-likeness (QED) is 0.579. The number of carbonyl (C=O) groups is 1. The molecule has 4 heteroatoms. The van der Waals surface area contributed by atoms with Crippen LogP contribution in [-0.2, 0) is 4.79 Å². The summed E-state index contributed by atoms with van der Waals surface area (Å²) in [5, 5.41) is 18.6. The Balaban J connectivity index is 4.19. The zero-order chi connectivity index (χ0) is 13.4. The average molecular weight is 245 g/mol. The lowest BCUT2D eigenvalue weighted by molar-refractivity contribution is -0.142. The summed E-state index contributed by atoms with van der Waals surface area (Å²) in [6.45, 7) is 6.27. The molecule has 0 aliphatic carbocycles. The molecule has 17 heavy (non-hydrogen) atoms. The molecule has 0 rings (SSSR count). The Hall–Kier alpha value is -0.610. The SMILES string of the molecule is CC(CCCN)CC(CC(C)C(=O)O)C(C)O. The average Bonchev–Trinajstić information content (AvgIpc) is 2.24. The summed E-state index contributed by atoms with van der Waals surface area (Å²) >= 11 is 0. The van der Waals surface area contributed by atoms with Crippen molar-refractivity contribution in [1.82, 2.24) is 0 Å². The maximum atomic E-state index is 10.8. The fraction of sp³-hybridized carbons (Fsp3) is 0.923. The van der Waals surface area contributed by atoms with E-state index in [9.17, 15) is 9.90 Å². The Morgan fingerprint density at radius 2 is 1.82 bits per heavy atom. The van der Waals surface area contributed by atoms with Crippen molar-refractivity contribution < 1.29 is 15.0 Å². The first kappa shape index (κ1) is 16.4. The molecule has 0 aliphatic heterocycles. The van der Waals surface area contributed by atoms with Gasteiger partial charge >= 0.3 is 5.97 Å². The van der Waals surface area contributed by atoms with Gasteiger partial charge in [0.25, 0.3) is 0 Å². The van der Waals surface area contributed by atoms with E-state index in [-0.39, 0.29) is 5.92 Å². The molecule has 0 heterocycles. The third-order valence-corrected chi connectivity index (χ3v) is 3.37. The summed E-state index contributed by atoms with van der Waals surface area (Å²) in [7, 11) is 0. The fourth-order valence-electron chi connectivity index (χ4n) is 2.15. The van der Waals surface area contributed by atoms with Crippen LogP contribution in [0.3, 0.4) is 0 Å². The number of aliphatic hydroxyl groups is 1. The first-order valence-electron chi connectivity index (χ1n) is 6.49. The highest BCUT2D eigenvalue weighted by Gasteiger charge is 2.23. The van der Waals surface area contributed by atoms with Crippen LogP contribution in [0.5, 0.6) is 0 Å². The zero-order valence-corrected chi connectivity index (χ0v) is 11.2. The Labute approximate surface area is 104 Å². The molecular weight excluding hydrogens is 218 g/mol. The minimum absolute atomic E-state index is 0.0638. The van der Waals surface area contributed by atoms with Crippen LogP contribution in [0, 0.1) is 17.8 Å². The highest BCUT2D eigenvalue weighted by atomic mass is 16.4. The molecule has 4 N–H and O–H groups in total. The van der Waals surface area contributed by atoms with Gasteiger partial charge in [-0.3, -0.25) is 4.79 Å². The van der Waals surface area contributed by atoms with Gasteiger partial charge in [-0.2, -0.15) is 0 Å². The molecule has 102 valence electrons. The van der Waals surface area contributed by atoms with Gasteiger partial charge in [0, 0.05) is 0 Å². The molecule has 0 spiro atoms. The van der Waals surface area contributed by atoms with Crippen molar-refractivity contribution in [3.63, 3.8) is 0 Å². The molecule has 0 radical (unpaired) electrons. The van der Waals surface area contributed by atoms with Crippen molar-refractivity contribution in [3.05, 3.63) is 0 Å². The topological polar surface area (TPSA) is 83.6 Å². The van der Waals surface area contributed by atoms with Gasteiger partial charge in [-0.25, -0.2) is 0 Å². The predicted molar refractivity (Wildman–Crippen MR) is 68.7 cm³/mol. The number of carboxylic acids is 1. The lowest BCUT2D eigenvalue weighted by Crippen LogP contribution is -2.24. The lowest BCUT2D eigenvalue weighted by Gasteiger charge is -2.25. The second kappa shape index (κ2) is 8.48. The van der Waals surface area contributed by atoms with Gasteiger partial charge in [0.15, 0.2) is 0 Å². The molecule has 0 saturated heterocycles. The van der Waals surface area contributed by atoms with Gasteiger partial charge in [-0.1, -0.05) is 13.8 Å². The number of nitrogens with two attached hydrogens (primary N) is 1. The van der Waals surface area contributed by atoms with Crippen molar-refractivity contribution in [2.24, 2.45) is 23.5 Å². The second-order valence-electron chi connectivity index (χ2n) is 5.25. The summed E-state index contributed by atoms with van der Waals surface area (Å²) in [5.74, 6) is -0.630. The van der Waals surface area contributed by atoms with E-state index >= 15 is 0 Å². The van der Waals surface area contributed by atoms with E-state index in [0.29, 0.717) is 18.9 Å². The number of hydrogen-bond acceptors (Lipinski definition) is 3. The molecule has 0 amide bonds. The summed E-state index contributed by atoms with van der Waals surface area (Å²) < 4.78 is 0. The molecule has 0 aromatic rings. The molecule has 0 aromatic heterocycles. The van der Waals surface area contributed by atoms with Crippen LogP contribution >= 0.6 is 0 Å². The maximum absolute atomic E-state index is 10.8. The Kier molecular flexibility index (Phi) is 8.17. The van der Waals surface area contributed by atoms with E-state index in [1.807, 2.05) is 0 Å². The summed E-state index contributed by atoms with van der Waals surface area (Å²) in [6, 6.07) is 0. The lowest BCUT2D eigenvalue weighted by atomic mass is 9.83. The van der Waals surface area contributed by atoms with Gasteiger partial charge in [-0.05, 0) is 51.0 Å². The molecule has 0 aromatic carbocycles. The van der Waals surface area contributed by atoms with Crippen LogP contribution in [0.1, 0.15) is 46.5 Å².